The van der Waals surface area contributed by atoms with Crippen LogP contribution in [-0.2, 0) is 4.79 Å². The molecule has 1 aliphatic rings. The van der Waals surface area contributed by atoms with Gasteiger partial charge in [0.15, 0.2) is 0 Å². The van der Waals surface area contributed by atoms with Crippen LogP contribution < -0.4 is 0 Å². The molecule has 0 aromatic carbocycles. The fourth-order valence-electron chi connectivity index (χ4n) is 2.61. The van der Waals surface area contributed by atoms with Gasteiger partial charge in [-0.3, -0.25) is 14.5 Å². The molecule has 4 nitrogen and oxygen atoms in total. The van der Waals surface area contributed by atoms with E-state index in [4.69, 9.17) is 6.42 Å². The number of amides is 2. The normalized spacial score (nSPS) is 17.1. The van der Waals surface area contributed by atoms with Gasteiger partial charge in [-0.05, 0) is 57.2 Å². The van der Waals surface area contributed by atoms with Crippen LogP contribution in [0.15, 0.2) is 11.0 Å². The van der Waals surface area contributed by atoms with Crippen molar-refractivity contribution in [1.29, 1.82) is 0 Å². The minimum atomic E-state index is -0.308. The summed E-state index contributed by atoms with van der Waals surface area (Å²) in [5, 5.41) is -0.304. The lowest BCUT2D eigenvalue weighted by atomic mass is 10.2. The smallest absolute Gasteiger partial charge is 0.294 e. The van der Waals surface area contributed by atoms with Crippen molar-refractivity contribution in [3.63, 3.8) is 0 Å². The van der Waals surface area contributed by atoms with Crippen molar-refractivity contribution >= 4 is 29.0 Å². The average molecular weight is 302 g/mol. The highest BCUT2D eigenvalue weighted by Gasteiger charge is 2.34. The highest BCUT2D eigenvalue weighted by atomic mass is 32.2. The van der Waals surface area contributed by atoms with E-state index >= 15 is 0 Å². The summed E-state index contributed by atoms with van der Waals surface area (Å²) in [6.07, 6.45) is 6.96. The first-order chi connectivity index (χ1) is 9.86. The minimum absolute atomic E-state index is 0.0209. The Morgan fingerprint density at radius 2 is 2.05 bits per heavy atom. The van der Waals surface area contributed by atoms with Crippen molar-refractivity contribution in [2.45, 2.75) is 33.7 Å². The van der Waals surface area contributed by atoms with Gasteiger partial charge in [-0.25, -0.2) is 0 Å². The molecule has 5 heteroatoms. The third kappa shape index (κ3) is 2.77. The van der Waals surface area contributed by atoms with E-state index in [0.29, 0.717) is 10.9 Å². The molecule has 0 N–H and O–H groups in total. The molecule has 110 valence electrons. The first kappa shape index (κ1) is 15.5. The van der Waals surface area contributed by atoms with Gasteiger partial charge < -0.3 is 4.57 Å². The van der Waals surface area contributed by atoms with Gasteiger partial charge >= 0.3 is 0 Å². The number of rotatable bonds is 3. The second-order valence-corrected chi connectivity index (χ2v) is 6.26. The van der Waals surface area contributed by atoms with Gasteiger partial charge in [-0.1, -0.05) is 5.92 Å². The molecule has 21 heavy (non-hydrogen) atoms. The Bertz CT molecular complexity index is 677. The zero-order chi connectivity index (χ0) is 15.7. The van der Waals surface area contributed by atoms with Gasteiger partial charge in [0.05, 0.1) is 11.4 Å². The molecule has 1 saturated heterocycles. The van der Waals surface area contributed by atoms with Crippen LogP contribution in [0.25, 0.3) is 6.08 Å². The maximum absolute atomic E-state index is 12.2. The first-order valence-corrected chi connectivity index (χ1v) is 7.55. The summed E-state index contributed by atoms with van der Waals surface area (Å²) in [5.41, 5.74) is 3.19. The number of thioether (sulfide) groups is 1. The number of imide groups is 1. The van der Waals surface area contributed by atoms with Crippen molar-refractivity contribution in [3.8, 4) is 12.3 Å². The Kier molecular flexibility index (Phi) is 4.29. The molecule has 0 aliphatic carbocycles. The van der Waals surface area contributed by atoms with Crippen molar-refractivity contribution < 1.29 is 9.59 Å². The molecule has 1 aromatic rings. The molecule has 1 fully saturated rings. The number of nitrogens with zero attached hydrogens (tertiary/aromatic N) is 2. The number of terminal acetylenes is 1. The van der Waals surface area contributed by atoms with Crippen molar-refractivity contribution in [3.05, 3.63) is 27.9 Å². The number of hydrogen-bond acceptors (Lipinski definition) is 3. The highest BCUT2D eigenvalue weighted by Crippen LogP contribution is 2.33. The summed E-state index contributed by atoms with van der Waals surface area (Å²) < 4.78 is 2.21. The van der Waals surface area contributed by atoms with E-state index in [9.17, 15) is 9.59 Å². The quantitative estimate of drug-likeness (QED) is 0.635. The second kappa shape index (κ2) is 5.82. The van der Waals surface area contributed by atoms with Crippen molar-refractivity contribution in [2.24, 2.45) is 0 Å². The van der Waals surface area contributed by atoms with Gasteiger partial charge in [0.2, 0.25) is 0 Å². The number of aromatic nitrogens is 1. The summed E-state index contributed by atoms with van der Waals surface area (Å²) in [6, 6.07) is 2.38. The summed E-state index contributed by atoms with van der Waals surface area (Å²) in [7, 11) is 0. The molecule has 2 amide bonds. The molecule has 2 rings (SSSR count). The number of carbonyl (C=O) groups excluding carboxylic acids is 2. The summed E-state index contributed by atoms with van der Waals surface area (Å²) in [6.45, 7) is 8.31. The van der Waals surface area contributed by atoms with E-state index in [2.05, 4.69) is 24.3 Å². The Morgan fingerprint density at radius 3 is 2.57 bits per heavy atom. The first-order valence-electron chi connectivity index (χ1n) is 6.74. The standard InChI is InChI=1S/C16H18N2O2S/c1-6-7-17-15(19)14(21-16(17)20)9-13-8-11(4)18(10(2)3)12(13)5/h1,8-10H,7H2,2-5H3/b14-9+. The SMILES string of the molecule is C#CCN1C(=O)S/C(=C/c2cc(C)n(C(C)C)c2C)C1=O. The third-order valence-electron chi connectivity index (χ3n) is 3.45. The molecule has 0 atom stereocenters. The molecule has 1 aromatic heterocycles. The average Bonchev–Trinajstić information content (AvgIpc) is 2.81. The predicted octanol–water partition coefficient (Wildman–Crippen LogP) is 3.36. The lowest BCUT2D eigenvalue weighted by Gasteiger charge is -2.13. The zero-order valence-corrected chi connectivity index (χ0v) is 13.5. The molecule has 1 aliphatic heterocycles. The number of hydrogen-bond donors (Lipinski definition) is 0. The Labute approximate surface area is 129 Å². The second-order valence-electron chi connectivity index (χ2n) is 5.26. The predicted molar refractivity (Wildman–Crippen MR) is 85.8 cm³/mol. The highest BCUT2D eigenvalue weighted by molar-refractivity contribution is 8.18. The van der Waals surface area contributed by atoms with Gasteiger partial charge in [0, 0.05) is 17.4 Å². The Balaban J connectivity index is 2.38. The van der Waals surface area contributed by atoms with Gasteiger partial charge in [0.25, 0.3) is 11.1 Å². The maximum Gasteiger partial charge on any atom is 0.294 e. The van der Waals surface area contributed by atoms with Gasteiger partial charge in [-0.2, -0.15) is 0 Å². The molecule has 0 saturated carbocycles. The van der Waals surface area contributed by atoms with Crippen LogP contribution in [0.1, 0.15) is 36.8 Å². The fourth-order valence-corrected chi connectivity index (χ4v) is 3.44. The molecule has 0 radical (unpaired) electrons. The van der Waals surface area contributed by atoms with Crippen molar-refractivity contribution in [2.75, 3.05) is 6.54 Å². The topological polar surface area (TPSA) is 42.3 Å². The molecule has 0 bridgehead atoms. The molecular weight excluding hydrogens is 284 g/mol. The van der Waals surface area contributed by atoms with E-state index in [1.165, 1.54) is 0 Å². The van der Waals surface area contributed by atoms with Crippen molar-refractivity contribution in [1.82, 2.24) is 9.47 Å². The molecular formula is C16H18N2O2S. The fraction of sp³-hybridized carbons (Fsp3) is 0.375. The van der Waals surface area contributed by atoms with Crippen LogP contribution >= 0.6 is 11.8 Å². The molecule has 0 unspecified atom stereocenters. The third-order valence-corrected chi connectivity index (χ3v) is 4.36. The van der Waals surface area contributed by atoms with E-state index in [1.54, 1.807) is 6.08 Å². The number of aryl methyl sites for hydroxylation is 1. The maximum atomic E-state index is 12.2. The largest absolute Gasteiger partial charge is 0.346 e. The van der Waals surface area contributed by atoms with E-state index in [-0.39, 0.29) is 17.7 Å². The summed E-state index contributed by atoms with van der Waals surface area (Å²) in [5.74, 6) is 2.03. The van der Waals surface area contributed by atoms with E-state index in [1.807, 2.05) is 19.9 Å². The monoisotopic (exact) mass is 302 g/mol. The number of carbonyl (C=O) groups is 2. The minimum Gasteiger partial charge on any atom is -0.346 e. The van der Waals surface area contributed by atoms with Crippen LogP contribution in [0.5, 0.6) is 0 Å². The summed E-state index contributed by atoms with van der Waals surface area (Å²) >= 11 is 0.943. The van der Waals surface area contributed by atoms with E-state index < -0.39 is 0 Å². The van der Waals surface area contributed by atoms with Gasteiger partial charge in [-0.15, -0.1) is 6.42 Å². The van der Waals surface area contributed by atoms with Gasteiger partial charge in [0.1, 0.15) is 0 Å². The Morgan fingerprint density at radius 1 is 1.38 bits per heavy atom. The van der Waals surface area contributed by atoms with Crippen LogP contribution in [0.4, 0.5) is 4.79 Å². The summed E-state index contributed by atoms with van der Waals surface area (Å²) in [4.78, 5) is 25.5. The van der Waals surface area contributed by atoms with E-state index in [0.717, 1.165) is 33.6 Å². The molecule has 2 heterocycles. The van der Waals surface area contributed by atoms with Crippen LogP contribution in [0.3, 0.4) is 0 Å². The van der Waals surface area contributed by atoms with Crippen LogP contribution in [0, 0.1) is 26.2 Å². The zero-order valence-electron chi connectivity index (χ0n) is 12.6. The Hall–Kier alpha value is -1.93. The lowest BCUT2D eigenvalue weighted by Crippen LogP contribution is -2.28. The van der Waals surface area contributed by atoms with Crippen LogP contribution in [-0.4, -0.2) is 27.2 Å². The molecule has 0 spiro atoms. The van der Waals surface area contributed by atoms with Crippen LogP contribution in [0.2, 0.25) is 0 Å². The lowest BCUT2D eigenvalue weighted by molar-refractivity contribution is -0.122.